The average Bonchev–Trinajstić information content (AvgIpc) is 3.16. The second-order valence-electron chi connectivity index (χ2n) is 8.53. The molecule has 0 saturated heterocycles. The number of aromatic amines is 1. The molecule has 0 saturated carbocycles. The molecule has 142 valence electrons. The van der Waals surface area contributed by atoms with Crippen LogP contribution in [0.3, 0.4) is 0 Å². The Morgan fingerprint density at radius 3 is 2.45 bits per heavy atom. The van der Waals surface area contributed by atoms with Crippen molar-refractivity contribution in [3.63, 3.8) is 0 Å². The zero-order valence-electron chi connectivity index (χ0n) is 16.9. The number of H-pyrrole nitrogens is 1. The van der Waals surface area contributed by atoms with Gasteiger partial charge >= 0.3 is 0 Å². The summed E-state index contributed by atoms with van der Waals surface area (Å²) in [7, 11) is 0. The van der Waals surface area contributed by atoms with Crippen LogP contribution in [0.25, 0.3) is 44.5 Å². The predicted molar refractivity (Wildman–Crippen MR) is 121 cm³/mol. The molecule has 2 heterocycles. The Morgan fingerprint density at radius 1 is 0.828 bits per heavy atom. The second kappa shape index (κ2) is 6.56. The van der Waals surface area contributed by atoms with Gasteiger partial charge in [0.15, 0.2) is 0 Å². The molecule has 5 aromatic rings. The zero-order chi connectivity index (χ0) is 20.0. The van der Waals surface area contributed by atoms with Crippen molar-refractivity contribution in [3.05, 3.63) is 84.6 Å². The van der Waals surface area contributed by atoms with E-state index in [1.807, 2.05) is 6.20 Å². The number of fused-ring (bicyclic) bond motifs is 2. The molecule has 0 aliphatic rings. The van der Waals surface area contributed by atoms with Gasteiger partial charge in [-0.3, -0.25) is 4.98 Å². The molecule has 0 aliphatic heterocycles. The minimum absolute atomic E-state index is 0.112. The fourth-order valence-electron chi connectivity index (χ4n) is 3.75. The van der Waals surface area contributed by atoms with Crippen LogP contribution in [0.4, 0.5) is 0 Å². The van der Waals surface area contributed by atoms with Crippen LogP contribution in [-0.4, -0.2) is 15.0 Å². The molecular formula is C26H23N3. The molecule has 29 heavy (non-hydrogen) atoms. The first-order valence-electron chi connectivity index (χ1n) is 9.94. The van der Waals surface area contributed by atoms with Crippen LogP contribution < -0.4 is 0 Å². The number of hydrogen-bond donors (Lipinski definition) is 1. The maximum Gasteiger partial charge on any atom is 0.140 e. The third kappa shape index (κ3) is 3.19. The smallest absolute Gasteiger partial charge is 0.140 e. The molecule has 3 nitrogen and oxygen atoms in total. The zero-order valence-corrected chi connectivity index (χ0v) is 16.9. The first-order chi connectivity index (χ1) is 14.0. The van der Waals surface area contributed by atoms with E-state index in [0.717, 1.165) is 33.7 Å². The minimum atomic E-state index is 0.112. The number of pyridine rings is 1. The number of hydrogen-bond acceptors (Lipinski definition) is 2. The van der Waals surface area contributed by atoms with E-state index in [1.165, 1.54) is 16.3 Å². The van der Waals surface area contributed by atoms with Gasteiger partial charge in [-0.2, -0.15) is 0 Å². The van der Waals surface area contributed by atoms with Gasteiger partial charge in [0.25, 0.3) is 0 Å². The van der Waals surface area contributed by atoms with Gasteiger partial charge in [-0.1, -0.05) is 69.3 Å². The van der Waals surface area contributed by atoms with Crippen molar-refractivity contribution in [2.45, 2.75) is 26.2 Å². The van der Waals surface area contributed by atoms with Crippen LogP contribution in [0.2, 0.25) is 0 Å². The Morgan fingerprint density at radius 2 is 1.66 bits per heavy atom. The summed E-state index contributed by atoms with van der Waals surface area (Å²) in [6.07, 6.45) is 1.90. The predicted octanol–water partition coefficient (Wildman–Crippen LogP) is 6.74. The normalized spacial score (nSPS) is 12.0. The molecule has 3 aromatic carbocycles. The van der Waals surface area contributed by atoms with E-state index in [0.29, 0.717) is 0 Å². The second-order valence-corrected chi connectivity index (χ2v) is 8.53. The van der Waals surface area contributed by atoms with E-state index in [1.54, 1.807) is 0 Å². The molecule has 1 N–H and O–H groups in total. The van der Waals surface area contributed by atoms with Gasteiger partial charge in [0.05, 0.1) is 16.7 Å². The maximum atomic E-state index is 4.76. The molecule has 0 aliphatic carbocycles. The van der Waals surface area contributed by atoms with Gasteiger partial charge in [-0.15, -0.1) is 0 Å². The quantitative estimate of drug-likeness (QED) is 0.370. The van der Waals surface area contributed by atoms with Crippen molar-refractivity contribution in [2.24, 2.45) is 0 Å². The summed E-state index contributed by atoms with van der Waals surface area (Å²) in [5.74, 6) is 0.850. The van der Waals surface area contributed by atoms with Gasteiger partial charge in [0.2, 0.25) is 0 Å². The summed E-state index contributed by atoms with van der Waals surface area (Å²) in [6, 6.07) is 25.4. The summed E-state index contributed by atoms with van der Waals surface area (Å²) in [6.45, 7) is 6.67. The van der Waals surface area contributed by atoms with Gasteiger partial charge in [-0.05, 0) is 46.0 Å². The topological polar surface area (TPSA) is 41.6 Å². The number of benzene rings is 3. The molecule has 3 heteroatoms. The Bertz CT molecular complexity index is 1320. The summed E-state index contributed by atoms with van der Waals surface area (Å²) >= 11 is 0. The van der Waals surface area contributed by atoms with Crippen LogP contribution in [-0.2, 0) is 5.41 Å². The van der Waals surface area contributed by atoms with Crippen molar-refractivity contribution in [1.82, 2.24) is 15.0 Å². The summed E-state index contributed by atoms with van der Waals surface area (Å²) < 4.78 is 0. The number of aromatic nitrogens is 3. The van der Waals surface area contributed by atoms with Crippen molar-refractivity contribution in [1.29, 1.82) is 0 Å². The van der Waals surface area contributed by atoms with E-state index in [9.17, 15) is 0 Å². The molecule has 0 spiro atoms. The van der Waals surface area contributed by atoms with Gasteiger partial charge in [0, 0.05) is 17.3 Å². The number of imidazole rings is 1. The lowest BCUT2D eigenvalue weighted by Gasteiger charge is -2.18. The summed E-state index contributed by atoms with van der Waals surface area (Å²) in [5.41, 5.74) is 6.55. The lowest BCUT2D eigenvalue weighted by molar-refractivity contribution is 0.591. The monoisotopic (exact) mass is 377 g/mol. The largest absolute Gasteiger partial charge is 0.338 e. The molecule has 5 rings (SSSR count). The van der Waals surface area contributed by atoms with E-state index in [-0.39, 0.29) is 5.41 Å². The molecule has 2 aromatic heterocycles. The summed E-state index contributed by atoms with van der Waals surface area (Å²) in [5, 5.41) is 2.44. The van der Waals surface area contributed by atoms with Crippen molar-refractivity contribution in [2.75, 3.05) is 0 Å². The third-order valence-corrected chi connectivity index (χ3v) is 5.45. The van der Waals surface area contributed by atoms with E-state index < -0.39 is 0 Å². The molecule has 0 unspecified atom stereocenters. The number of nitrogens with zero attached hydrogens (tertiary/aromatic N) is 2. The SMILES string of the molecule is CC(C)(C)c1ccc2nc(-c3ccc(-c4cccc5ccccc45)nc3)[nH]c2c1. The highest BCUT2D eigenvalue weighted by atomic mass is 14.9. The van der Waals surface area contributed by atoms with Crippen molar-refractivity contribution >= 4 is 21.8 Å². The first kappa shape index (κ1) is 17.6. The Labute approximate surface area is 170 Å². The van der Waals surface area contributed by atoms with Crippen LogP contribution in [0.1, 0.15) is 26.3 Å². The van der Waals surface area contributed by atoms with Gasteiger partial charge in [0.1, 0.15) is 5.82 Å². The molecule has 0 fully saturated rings. The molecule has 0 atom stereocenters. The summed E-state index contributed by atoms with van der Waals surface area (Å²) in [4.78, 5) is 13.0. The fraction of sp³-hybridized carbons (Fsp3) is 0.154. The molecule has 0 radical (unpaired) electrons. The van der Waals surface area contributed by atoms with Crippen LogP contribution in [0.15, 0.2) is 79.0 Å². The highest BCUT2D eigenvalue weighted by molar-refractivity contribution is 5.95. The number of rotatable bonds is 2. The average molecular weight is 377 g/mol. The highest BCUT2D eigenvalue weighted by Gasteiger charge is 2.15. The molecule has 0 bridgehead atoms. The lowest BCUT2D eigenvalue weighted by atomic mass is 9.87. The van der Waals surface area contributed by atoms with E-state index in [4.69, 9.17) is 9.97 Å². The van der Waals surface area contributed by atoms with E-state index in [2.05, 4.69) is 98.6 Å². The molecular weight excluding hydrogens is 354 g/mol. The molecule has 0 amide bonds. The van der Waals surface area contributed by atoms with E-state index >= 15 is 0 Å². The Kier molecular flexibility index (Phi) is 3.99. The number of nitrogens with one attached hydrogen (secondary N) is 1. The van der Waals surface area contributed by atoms with Crippen LogP contribution >= 0.6 is 0 Å². The maximum absolute atomic E-state index is 4.76. The minimum Gasteiger partial charge on any atom is -0.338 e. The van der Waals surface area contributed by atoms with Crippen LogP contribution in [0.5, 0.6) is 0 Å². The fourth-order valence-corrected chi connectivity index (χ4v) is 3.75. The highest BCUT2D eigenvalue weighted by Crippen LogP contribution is 2.30. The Hall–Kier alpha value is -3.46. The Balaban J connectivity index is 1.53. The first-order valence-corrected chi connectivity index (χ1v) is 9.94. The van der Waals surface area contributed by atoms with Crippen LogP contribution in [0, 0.1) is 0 Å². The van der Waals surface area contributed by atoms with Gasteiger partial charge in [-0.25, -0.2) is 4.98 Å². The third-order valence-electron chi connectivity index (χ3n) is 5.45. The van der Waals surface area contributed by atoms with Crippen molar-refractivity contribution in [3.8, 4) is 22.6 Å². The standard InChI is InChI=1S/C26H23N3/c1-26(2,3)19-12-14-23-24(15-19)29-25(28-23)18-11-13-22(27-16-18)21-10-6-8-17-7-4-5-9-20(17)21/h4-16H,1-3H3,(H,28,29). The lowest BCUT2D eigenvalue weighted by Crippen LogP contribution is -2.10. The van der Waals surface area contributed by atoms with Crippen molar-refractivity contribution < 1.29 is 0 Å². The van der Waals surface area contributed by atoms with Gasteiger partial charge < -0.3 is 4.98 Å².